The zero-order chi connectivity index (χ0) is 12.6. The molecule has 0 saturated carbocycles. The van der Waals surface area contributed by atoms with Crippen molar-refractivity contribution in [1.82, 2.24) is 9.97 Å². The fourth-order valence-electron chi connectivity index (χ4n) is 2.39. The van der Waals surface area contributed by atoms with Gasteiger partial charge in [-0.1, -0.05) is 6.92 Å². The van der Waals surface area contributed by atoms with Crippen LogP contribution in [0.4, 0.5) is 11.5 Å². The highest BCUT2D eigenvalue weighted by molar-refractivity contribution is 6.28. The number of piperidine rings is 1. The summed E-state index contributed by atoms with van der Waals surface area (Å²) in [6.07, 6.45) is 2.43. The third kappa shape index (κ3) is 2.32. The maximum Gasteiger partial charge on any atom is 0.224 e. The van der Waals surface area contributed by atoms with Crippen molar-refractivity contribution < 1.29 is 0 Å². The first-order valence-corrected chi connectivity index (χ1v) is 6.44. The molecule has 1 aliphatic rings. The summed E-state index contributed by atoms with van der Waals surface area (Å²) in [5.41, 5.74) is 7.47. The lowest BCUT2D eigenvalue weighted by Crippen LogP contribution is -2.43. The summed E-state index contributed by atoms with van der Waals surface area (Å²) in [5, 5.41) is 0.275. The van der Waals surface area contributed by atoms with Crippen molar-refractivity contribution in [2.75, 3.05) is 17.2 Å². The lowest BCUT2D eigenvalue weighted by atomic mass is 9.92. The first kappa shape index (κ1) is 12.4. The molecule has 1 aromatic rings. The number of nitrogens with zero attached hydrogens (tertiary/aromatic N) is 3. The van der Waals surface area contributed by atoms with E-state index in [9.17, 15) is 0 Å². The molecule has 0 aromatic carbocycles. The number of hydrogen-bond donors (Lipinski definition) is 1. The van der Waals surface area contributed by atoms with Gasteiger partial charge in [-0.15, -0.1) is 0 Å². The standard InChI is InChI=1S/C12H19ClN4/c1-7-5-4-6-17(9(7)3)11-10(14)8(2)15-12(13)16-11/h7,9H,4-6,14H2,1-3H3. The van der Waals surface area contributed by atoms with E-state index in [1.54, 1.807) is 0 Å². The van der Waals surface area contributed by atoms with Gasteiger partial charge in [0.2, 0.25) is 5.28 Å². The highest BCUT2D eigenvalue weighted by Gasteiger charge is 2.27. The van der Waals surface area contributed by atoms with Crippen LogP contribution < -0.4 is 10.6 Å². The van der Waals surface area contributed by atoms with Crippen molar-refractivity contribution in [3.8, 4) is 0 Å². The molecule has 0 bridgehead atoms. The van der Waals surface area contributed by atoms with Gasteiger partial charge in [-0.2, -0.15) is 4.98 Å². The molecular weight excluding hydrogens is 236 g/mol. The van der Waals surface area contributed by atoms with Crippen LogP contribution in [0, 0.1) is 12.8 Å². The predicted molar refractivity (Wildman–Crippen MR) is 71.4 cm³/mol. The quantitative estimate of drug-likeness (QED) is 0.783. The number of nitrogens with two attached hydrogens (primary N) is 1. The van der Waals surface area contributed by atoms with Crippen molar-refractivity contribution in [3.63, 3.8) is 0 Å². The molecule has 5 heteroatoms. The van der Waals surface area contributed by atoms with Crippen LogP contribution in [-0.4, -0.2) is 22.6 Å². The average Bonchev–Trinajstić information content (AvgIpc) is 2.27. The zero-order valence-electron chi connectivity index (χ0n) is 10.6. The molecule has 1 fully saturated rings. The maximum atomic E-state index is 6.06. The van der Waals surface area contributed by atoms with E-state index in [2.05, 4.69) is 28.7 Å². The van der Waals surface area contributed by atoms with E-state index in [1.807, 2.05) is 6.92 Å². The Labute approximate surface area is 107 Å². The zero-order valence-corrected chi connectivity index (χ0v) is 11.3. The second kappa shape index (κ2) is 4.69. The first-order valence-electron chi connectivity index (χ1n) is 6.07. The maximum absolute atomic E-state index is 6.06. The minimum absolute atomic E-state index is 0.275. The minimum Gasteiger partial charge on any atom is -0.394 e. The highest BCUT2D eigenvalue weighted by atomic mass is 35.5. The molecule has 2 unspecified atom stereocenters. The SMILES string of the molecule is Cc1nc(Cl)nc(N2CCCC(C)C2C)c1N. The Balaban J connectivity index is 2.39. The molecule has 0 amide bonds. The fourth-order valence-corrected chi connectivity index (χ4v) is 2.59. The van der Waals surface area contributed by atoms with Crippen LogP contribution in [0.3, 0.4) is 0 Å². The summed E-state index contributed by atoms with van der Waals surface area (Å²) in [7, 11) is 0. The number of halogens is 1. The summed E-state index contributed by atoms with van der Waals surface area (Å²) in [6.45, 7) is 7.34. The Morgan fingerprint density at radius 1 is 1.35 bits per heavy atom. The van der Waals surface area contributed by atoms with E-state index in [-0.39, 0.29) is 5.28 Å². The van der Waals surface area contributed by atoms with Gasteiger partial charge in [0.15, 0.2) is 5.82 Å². The average molecular weight is 255 g/mol. The Morgan fingerprint density at radius 2 is 2.06 bits per heavy atom. The first-order chi connectivity index (χ1) is 8.00. The number of aryl methyl sites for hydroxylation is 1. The minimum atomic E-state index is 0.275. The van der Waals surface area contributed by atoms with Crippen molar-refractivity contribution in [2.24, 2.45) is 5.92 Å². The van der Waals surface area contributed by atoms with Gasteiger partial charge < -0.3 is 10.6 Å². The van der Waals surface area contributed by atoms with E-state index in [0.717, 1.165) is 18.1 Å². The number of hydrogen-bond acceptors (Lipinski definition) is 4. The van der Waals surface area contributed by atoms with E-state index in [0.29, 0.717) is 17.6 Å². The van der Waals surface area contributed by atoms with Crippen molar-refractivity contribution in [1.29, 1.82) is 0 Å². The molecule has 2 atom stereocenters. The number of aromatic nitrogens is 2. The van der Waals surface area contributed by atoms with Gasteiger partial charge in [-0.05, 0) is 44.2 Å². The molecule has 0 radical (unpaired) electrons. The normalized spacial score (nSPS) is 25.1. The van der Waals surface area contributed by atoms with Crippen LogP contribution >= 0.6 is 11.6 Å². The molecule has 0 aliphatic carbocycles. The molecule has 2 rings (SSSR count). The Hall–Kier alpha value is -1.03. The van der Waals surface area contributed by atoms with Crippen LogP contribution in [0.25, 0.3) is 0 Å². The van der Waals surface area contributed by atoms with Crippen molar-refractivity contribution in [3.05, 3.63) is 11.0 Å². The number of anilines is 2. The van der Waals surface area contributed by atoms with Gasteiger partial charge in [-0.25, -0.2) is 4.98 Å². The smallest absolute Gasteiger partial charge is 0.224 e. The summed E-state index contributed by atoms with van der Waals surface area (Å²) in [6, 6.07) is 0.441. The molecule has 4 nitrogen and oxygen atoms in total. The number of nitrogen functional groups attached to an aromatic ring is 1. The summed E-state index contributed by atoms with van der Waals surface area (Å²) in [5.74, 6) is 1.44. The topological polar surface area (TPSA) is 55.0 Å². The summed E-state index contributed by atoms with van der Waals surface area (Å²) < 4.78 is 0. The second-order valence-electron chi connectivity index (χ2n) is 4.87. The van der Waals surface area contributed by atoms with E-state index >= 15 is 0 Å². The molecule has 1 saturated heterocycles. The summed E-state index contributed by atoms with van der Waals surface area (Å²) in [4.78, 5) is 10.6. The van der Waals surface area contributed by atoms with Crippen LogP contribution in [0.5, 0.6) is 0 Å². The lowest BCUT2D eigenvalue weighted by Gasteiger charge is -2.39. The highest BCUT2D eigenvalue weighted by Crippen LogP contribution is 2.32. The second-order valence-corrected chi connectivity index (χ2v) is 5.21. The largest absolute Gasteiger partial charge is 0.394 e. The predicted octanol–water partition coefficient (Wildman–Crippen LogP) is 2.65. The van der Waals surface area contributed by atoms with Crippen LogP contribution in [0.15, 0.2) is 0 Å². The fraction of sp³-hybridized carbons (Fsp3) is 0.667. The molecular formula is C12H19ClN4. The lowest BCUT2D eigenvalue weighted by molar-refractivity contribution is 0.362. The Kier molecular flexibility index (Phi) is 3.43. The van der Waals surface area contributed by atoms with Gasteiger partial charge in [0.05, 0.1) is 11.4 Å². The van der Waals surface area contributed by atoms with E-state index in [1.165, 1.54) is 12.8 Å². The van der Waals surface area contributed by atoms with E-state index in [4.69, 9.17) is 17.3 Å². The Morgan fingerprint density at radius 3 is 2.76 bits per heavy atom. The van der Waals surface area contributed by atoms with Gasteiger partial charge in [-0.3, -0.25) is 0 Å². The summed E-state index contributed by atoms with van der Waals surface area (Å²) >= 11 is 5.92. The molecule has 17 heavy (non-hydrogen) atoms. The van der Waals surface area contributed by atoms with Crippen molar-refractivity contribution in [2.45, 2.75) is 39.7 Å². The molecule has 1 aromatic heterocycles. The van der Waals surface area contributed by atoms with Crippen LogP contribution in [-0.2, 0) is 0 Å². The van der Waals surface area contributed by atoms with Crippen molar-refractivity contribution >= 4 is 23.1 Å². The monoisotopic (exact) mass is 254 g/mol. The molecule has 0 spiro atoms. The molecule has 2 N–H and O–H groups in total. The van der Waals surface area contributed by atoms with Gasteiger partial charge in [0.1, 0.15) is 0 Å². The third-order valence-corrected chi connectivity index (χ3v) is 3.90. The number of rotatable bonds is 1. The van der Waals surface area contributed by atoms with Crippen LogP contribution in [0.1, 0.15) is 32.4 Å². The Bertz CT molecular complexity index is 421. The third-order valence-electron chi connectivity index (χ3n) is 3.73. The van der Waals surface area contributed by atoms with Gasteiger partial charge in [0, 0.05) is 12.6 Å². The van der Waals surface area contributed by atoms with E-state index < -0.39 is 0 Å². The van der Waals surface area contributed by atoms with Gasteiger partial charge in [0.25, 0.3) is 0 Å². The van der Waals surface area contributed by atoms with Crippen LogP contribution in [0.2, 0.25) is 5.28 Å². The molecule has 2 heterocycles. The molecule has 1 aliphatic heterocycles. The van der Waals surface area contributed by atoms with Gasteiger partial charge >= 0.3 is 0 Å². The molecule has 94 valence electrons.